The summed E-state index contributed by atoms with van der Waals surface area (Å²) in [7, 11) is 0. The standard InChI is InChI=1S/C6H8N2O2S/c1-4(8-6(9)10)5-7-2-3-11-5/h2-4,8H,1H3,(H,9,10). The van der Waals surface area contributed by atoms with Gasteiger partial charge in [0.15, 0.2) is 0 Å². The van der Waals surface area contributed by atoms with E-state index in [0.29, 0.717) is 0 Å². The van der Waals surface area contributed by atoms with Crippen molar-refractivity contribution in [3.8, 4) is 0 Å². The first-order chi connectivity index (χ1) is 5.20. The van der Waals surface area contributed by atoms with Gasteiger partial charge in [0.2, 0.25) is 0 Å². The predicted molar refractivity (Wildman–Crippen MR) is 41.7 cm³/mol. The maximum absolute atomic E-state index is 10.2. The Morgan fingerprint density at radius 1 is 1.91 bits per heavy atom. The third-order valence-electron chi connectivity index (χ3n) is 1.16. The topological polar surface area (TPSA) is 62.2 Å². The zero-order valence-corrected chi connectivity index (χ0v) is 6.76. The van der Waals surface area contributed by atoms with Crippen LogP contribution >= 0.6 is 11.3 Å². The van der Waals surface area contributed by atoms with Gasteiger partial charge >= 0.3 is 6.09 Å². The van der Waals surface area contributed by atoms with E-state index in [1.54, 1.807) is 13.1 Å². The van der Waals surface area contributed by atoms with Crippen LogP contribution in [0.5, 0.6) is 0 Å². The predicted octanol–water partition coefficient (Wildman–Crippen LogP) is 1.47. The monoisotopic (exact) mass is 172 g/mol. The van der Waals surface area contributed by atoms with Gasteiger partial charge in [-0.25, -0.2) is 9.78 Å². The Morgan fingerprint density at radius 3 is 3.09 bits per heavy atom. The number of carbonyl (C=O) groups is 1. The molecule has 0 bridgehead atoms. The van der Waals surface area contributed by atoms with Gasteiger partial charge in [-0.15, -0.1) is 11.3 Å². The van der Waals surface area contributed by atoms with E-state index in [9.17, 15) is 4.79 Å². The van der Waals surface area contributed by atoms with Crippen LogP contribution in [0.4, 0.5) is 4.79 Å². The van der Waals surface area contributed by atoms with E-state index >= 15 is 0 Å². The fourth-order valence-electron chi connectivity index (χ4n) is 0.695. The lowest BCUT2D eigenvalue weighted by Crippen LogP contribution is -2.24. The minimum atomic E-state index is -1.02. The van der Waals surface area contributed by atoms with Crippen molar-refractivity contribution in [3.63, 3.8) is 0 Å². The molecular formula is C6H8N2O2S. The summed E-state index contributed by atoms with van der Waals surface area (Å²) in [4.78, 5) is 14.1. The van der Waals surface area contributed by atoms with Crippen LogP contribution in [0.3, 0.4) is 0 Å². The van der Waals surface area contributed by atoms with Gasteiger partial charge in [0.1, 0.15) is 5.01 Å². The van der Waals surface area contributed by atoms with E-state index in [4.69, 9.17) is 5.11 Å². The van der Waals surface area contributed by atoms with Crippen LogP contribution in [0.15, 0.2) is 11.6 Å². The van der Waals surface area contributed by atoms with Crippen LogP contribution in [0.2, 0.25) is 0 Å². The zero-order chi connectivity index (χ0) is 8.27. The molecule has 0 radical (unpaired) electrons. The molecule has 1 rings (SSSR count). The Balaban J connectivity index is 2.56. The zero-order valence-electron chi connectivity index (χ0n) is 5.94. The molecule has 0 aromatic carbocycles. The van der Waals surface area contributed by atoms with Gasteiger partial charge in [-0.2, -0.15) is 0 Å². The van der Waals surface area contributed by atoms with E-state index < -0.39 is 6.09 Å². The summed E-state index contributed by atoms with van der Waals surface area (Å²) in [5.74, 6) is 0. The fraction of sp³-hybridized carbons (Fsp3) is 0.333. The number of nitrogens with one attached hydrogen (secondary N) is 1. The molecule has 0 saturated heterocycles. The first kappa shape index (κ1) is 8.00. The first-order valence-electron chi connectivity index (χ1n) is 3.09. The number of carboxylic acid groups (broad SMARTS) is 1. The van der Waals surface area contributed by atoms with Gasteiger partial charge in [-0.1, -0.05) is 0 Å². The third kappa shape index (κ3) is 2.19. The average Bonchev–Trinajstić information content (AvgIpc) is 2.35. The molecule has 4 nitrogen and oxygen atoms in total. The smallest absolute Gasteiger partial charge is 0.405 e. The highest BCUT2D eigenvalue weighted by Gasteiger charge is 2.09. The molecule has 0 spiro atoms. The highest BCUT2D eigenvalue weighted by molar-refractivity contribution is 7.09. The first-order valence-corrected chi connectivity index (χ1v) is 3.97. The Bertz CT molecular complexity index is 235. The van der Waals surface area contributed by atoms with Crippen LogP contribution in [0.1, 0.15) is 18.0 Å². The second-order valence-corrected chi connectivity index (χ2v) is 2.97. The Morgan fingerprint density at radius 2 is 2.64 bits per heavy atom. The summed E-state index contributed by atoms with van der Waals surface area (Å²) in [5.41, 5.74) is 0. The highest BCUT2D eigenvalue weighted by Crippen LogP contribution is 2.13. The molecule has 0 aliphatic rings. The molecule has 1 atom stereocenters. The van der Waals surface area contributed by atoms with Crippen molar-refractivity contribution in [3.05, 3.63) is 16.6 Å². The lowest BCUT2D eigenvalue weighted by atomic mass is 10.4. The molecular weight excluding hydrogens is 164 g/mol. The van der Waals surface area contributed by atoms with E-state index in [2.05, 4.69) is 10.3 Å². The second-order valence-electron chi connectivity index (χ2n) is 2.04. The molecule has 0 saturated carbocycles. The number of aromatic nitrogens is 1. The second kappa shape index (κ2) is 3.34. The minimum Gasteiger partial charge on any atom is -0.465 e. The molecule has 1 unspecified atom stereocenters. The van der Waals surface area contributed by atoms with Gasteiger partial charge in [-0.3, -0.25) is 0 Å². The average molecular weight is 172 g/mol. The van der Waals surface area contributed by atoms with Crippen molar-refractivity contribution in [2.45, 2.75) is 13.0 Å². The van der Waals surface area contributed by atoms with Gasteiger partial charge in [0, 0.05) is 11.6 Å². The molecule has 1 heterocycles. The van der Waals surface area contributed by atoms with Gasteiger partial charge in [0.05, 0.1) is 6.04 Å². The van der Waals surface area contributed by atoms with Crippen molar-refractivity contribution >= 4 is 17.4 Å². The maximum Gasteiger partial charge on any atom is 0.405 e. The third-order valence-corrected chi connectivity index (χ3v) is 2.12. The lowest BCUT2D eigenvalue weighted by molar-refractivity contribution is 0.191. The number of rotatable bonds is 2. The summed E-state index contributed by atoms with van der Waals surface area (Å²) >= 11 is 1.44. The largest absolute Gasteiger partial charge is 0.465 e. The van der Waals surface area contributed by atoms with Crippen LogP contribution in [0, 0.1) is 0 Å². The van der Waals surface area contributed by atoms with Crippen molar-refractivity contribution in [2.24, 2.45) is 0 Å². The van der Waals surface area contributed by atoms with Gasteiger partial charge in [0.25, 0.3) is 0 Å². The molecule has 1 aromatic rings. The van der Waals surface area contributed by atoms with Crippen LogP contribution in [0.25, 0.3) is 0 Å². The van der Waals surface area contributed by atoms with E-state index in [1.807, 2.05) is 5.38 Å². The fourth-order valence-corrected chi connectivity index (χ4v) is 1.34. The van der Waals surface area contributed by atoms with Crippen LogP contribution < -0.4 is 5.32 Å². The molecule has 11 heavy (non-hydrogen) atoms. The van der Waals surface area contributed by atoms with Crippen molar-refractivity contribution in [2.75, 3.05) is 0 Å². The minimum absolute atomic E-state index is 0.215. The summed E-state index contributed by atoms with van der Waals surface area (Å²) in [6.07, 6.45) is 0.632. The summed E-state index contributed by atoms with van der Waals surface area (Å²) in [5, 5.41) is 13.3. The number of hydrogen-bond acceptors (Lipinski definition) is 3. The Kier molecular flexibility index (Phi) is 2.43. The Hall–Kier alpha value is -1.10. The van der Waals surface area contributed by atoms with Gasteiger partial charge < -0.3 is 10.4 Å². The van der Waals surface area contributed by atoms with Crippen molar-refractivity contribution in [1.82, 2.24) is 10.3 Å². The molecule has 1 amide bonds. The summed E-state index contributed by atoms with van der Waals surface area (Å²) in [6, 6.07) is -0.215. The normalized spacial score (nSPS) is 12.5. The molecule has 1 aromatic heterocycles. The SMILES string of the molecule is CC(NC(=O)O)c1nccs1. The number of thiazole rings is 1. The number of nitrogens with zero attached hydrogens (tertiary/aromatic N) is 1. The maximum atomic E-state index is 10.2. The summed E-state index contributed by atoms with van der Waals surface area (Å²) in [6.45, 7) is 1.76. The quantitative estimate of drug-likeness (QED) is 0.710. The Labute approximate surface area is 67.9 Å². The molecule has 0 aliphatic carbocycles. The van der Waals surface area contributed by atoms with E-state index in [0.717, 1.165) is 5.01 Å². The van der Waals surface area contributed by atoms with Gasteiger partial charge in [-0.05, 0) is 6.92 Å². The molecule has 60 valence electrons. The van der Waals surface area contributed by atoms with Crippen molar-refractivity contribution in [1.29, 1.82) is 0 Å². The van der Waals surface area contributed by atoms with E-state index in [1.165, 1.54) is 11.3 Å². The van der Waals surface area contributed by atoms with Crippen molar-refractivity contribution < 1.29 is 9.90 Å². The lowest BCUT2D eigenvalue weighted by Gasteiger charge is -2.06. The highest BCUT2D eigenvalue weighted by atomic mass is 32.1. The van der Waals surface area contributed by atoms with Crippen LogP contribution in [-0.2, 0) is 0 Å². The molecule has 0 fully saturated rings. The van der Waals surface area contributed by atoms with E-state index in [-0.39, 0.29) is 6.04 Å². The number of amides is 1. The molecule has 2 N–H and O–H groups in total. The number of hydrogen-bond donors (Lipinski definition) is 2. The molecule has 5 heteroatoms. The van der Waals surface area contributed by atoms with Crippen LogP contribution in [-0.4, -0.2) is 16.2 Å². The molecule has 0 aliphatic heterocycles. The summed E-state index contributed by atoms with van der Waals surface area (Å²) < 4.78 is 0.